The molecule has 6 heteroatoms. The fourth-order valence-corrected chi connectivity index (χ4v) is 2.15. The van der Waals surface area contributed by atoms with Crippen LogP contribution in [0.2, 0.25) is 0 Å². The molecule has 108 valence electrons. The van der Waals surface area contributed by atoms with Crippen molar-refractivity contribution in [2.24, 2.45) is 0 Å². The fraction of sp³-hybridized carbons (Fsp3) is 0.769. The Morgan fingerprint density at radius 2 is 1.68 bits per heavy atom. The van der Waals surface area contributed by atoms with Gasteiger partial charge in [0.1, 0.15) is 6.04 Å². The standard InChI is InChI=1S/C13H22N2O4/c1-9(13(18)19)14-11(16)7-8-12(17)15-10-5-3-2-4-6-10/h9-10H,2-8H2,1H3,(H,14,16)(H,15,17)(H,18,19). The average molecular weight is 270 g/mol. The van der Waals surface area contributed by atoms with Gasteiger partial charge in [0.25, 0.3) is 0 Å². The molecule has 1 aliphatic rings. The molecule has 0 aromatic heterocycles. The van der Waals surface area contributed by atoms with E-state index < -0.39 is 17.9 Å². The number of aliphatic carboxylic acids is 1. The first-order valence-electron chi connectivity index (χ1n) is 6.80. The van der Waals surface area contributed by atoms with E-state index in [4.69, 9.17) is 5.11 Å². The van der Waals surface area contributed by atoms with Crippen molar-refractivity contribution in [3.63, 3.8) is 0 Å². The van der Waals surface area contributed by atoms with Crippen LogP contribution in [0.25, 0.3) is 0 Å². The molecular formula is C13H22N2O4. The van der Waals surface area contributed by atoms with Crippen LogP contribution >= 0.6 is 0 Å². The number of carbonyl (C=O) groups excluding carboxylic acids is 2. The van der Waals surface area contributed by atoms with Gasteiger partial charge in [-0.2, -0.15) is 0 Å². The van der Waals surface area contributed by atoms with Gasteiger partial charge in [-0.1, -0.05) is 19.3 Å². The fourth-order valence-electron chi connectivity index (χ4n) is 2.15. The Hall–Kier alpha value is -1.59. The molecule has 0 bridgehead atoms. The molecule has 0 saturated heterocycles. The number of carbonyl (C=O) groups is 3. The van der Waals surface area contributed by atoms with Crippen LogP contribution in [0.1, 0.15) is 51.9 Å². The van der Waals surface area contributed by atoms with Gasteiger partial charge in [-0.05, 0) is 19.8 Å². The minimum Gasteiger partial charge on any atom is -0.480 e. The van der Waals surface area contributed by atoms with Gasteiger partial charge in [0.05, 0.1) is 0 Å². The minimum atomic E-state index is -1.08. The zero-order chi connectivity index (χ0) is 14.3. The third-order valence-electron chi connectivity index (χ3n) is 3.30. The van der Waals surface area contributed by atoms with E-state index in [9.17, 15) is 14.4 Å². The van der Waals surface area contributed by atoms with E-state index in [1.54, 1.807) is 0 Å². The van der Waals surface area contributed by atoms with Crippen molar-refractivity contribution in [3.05, 3.63) is 0 Å². The summed E-state index contributed by atoms with van der Waals surface area (Å²) in [4.78, 5) is 33.6. The van der Waals surface area contributed by atoms with E-state index in [1.165, 1.54) is 13.3 Å². The van der Waals surface area contributed by atoms with Crippen LogP contribution in [-0.2, 0) is 14.4 Å². The number of carboxylic acids is 1. The summed E-state index contributed by atoms with van der Waals surface area (Å²) in [6.07, 6.45) is 5.65. The summed E-state index contributed by atoms with van der Waals surface area (Å²) >= 11 is 0. The first-order valence-corrected chi connectivity index (χ1v) is 6.80. The van der Waals surface area contributed by atoms with Gasteiger partial charge in [-0.3, -0.25) is 14.4 Å². The summed E-state index contributed by atoms with van der Waals surface area (Å²) in [5.74, 6) is -1.63. The number of hydrogen-bond acceptors (Lipinski definition) is 3. The summed E-state index contributed by atoms with van der Waals surface area (Å²) in [6, 6.07) is -0.684. The minimum absolute atomic E-state index is 0.0240. The van der Waals surface area contributed by atoms with Crippen molar-refractivity contribution in [3.8, 4) is 0 Å². The molecule has 1 unspecified atom stereocenters. The van der Waals surface area contributed by atoms with Gasteiger partial charge in [-0.25, -0.2) is 0 Å². The SMILES string of the molecule is CC(NC(=O)CCC(=O)NC1CCCCC1)C(=O)O. The number of amides is 2. The summed E-state index contributed by atoms with van der Waals surface area (Å²) in [7, 11) is 0. The van der Waals surface area contributed by atoms with E-state index in [-0.39, 0.29) is 24.8 Å². The maximum atomic E-state index is 11.6. The average Bonchev–Trinajstić information content (AvgIpc) is 2.37. The van der Waals surface area contributed by atoms with Crippen molar-refractivity contribution < 1.29 is 19.5 Å². The smallest absolute Gasteiger partial charge is 0.325 e. The van der Waals surface area contributed by atoms with Gasteiger partial charge < -0.3 is 15.7 Å². The summed E-state index contributed by atoms with van der Waals surface area (Å²) in [5.41, 5.74) is 0. The van der Waals surface area contributed by atoms with Gasteiger partial charge in [0.2, 0.25) is 11.8 Å². The Balaban J connectivity index is 2.18. The third-order valence-corrected chi connectivity index (χ3v) is 3.30. The second-order valence-electron chi connectivity index (χ2n) is 5.03. The quantitative estimate of drug-likeness (QED) is 0.665. The summed E-state index contributed by atoms with van der Waals surface area (Å²) in [5, 5.41) is 13.9. The van der Waals surface area contributed by atoms with Crippen LogP contribution < -0.4 is 10.6 Å². The van der Waals surface area contributed by atoms with Crippen molar-refractivity contribution in [1.29, 1.82) is 0 Å². The van der Waals surface area contributed by atoms with Crippen LogP contribution in [0.4, 0.5) is 0 Å². The molecule has 1 saturated carbocycles. The van der Waals surface area contributed by atoms with E-state index in [0.29, 0.717) is 0 Å². The predicted octanol–water partition coefficient (Wildman–Crippen LogP) is 0.805. The van der Waals surface area contributed by atoms with E-state index in [0.717, 1.165) is 25.7 Å². The van der Waals surface area contributed by atoms with Crippen molar-refractivity contribution >= 4 is 17.8 Å². The number of hydrogen-bond donors (Lipinski definition) is 3. The Bertz CT molecular complexity index is 338. The lowest BCUT2D eigenvalue weighted by molar-refractivity contribution is -0.141. The highest BCUT2D eigenvalue weighted by atomic mass is 16.4. The van der Waals surface area contributed by atoms with Crippen LogP contribution in [0.3, 0.4) is 0 Å². The number of carboxylic acid groups (broad SMARTS) is 1. The van der Waals surface area contributed by atoms with Crippen LogP contribution in [0, 0.1) is 0 Å². The molecular weight excluding hydrogens is 248 g/mol. The molecule has 0 aromatic carbocycles. The molecule has 1 fully saturated rings. The molecule has 1 atom stereocenters. The topological polar surface area (TPSA) is 95.5 Å². The molecule has 0 radical (unpaired) electrons. The molecule has 0 aromatic rings. The van der Waals surface area contributed by atoms with E-state index >= 15 is 0 Å². The number of nitrogens with one attached hydrogen (secondary N) is 2. The largest absolute Gasteiger partial charge is 0.480 e. The van der Waals surface area contributed by atoms with Crippen LogP contribution in [0.15, 0.2) is 0 Å². The molecule has 0 heterocycles. The molecule has 0 spiro atoms. The maximum absolute atomic E-state index is 11.6. The first-order chi connectivity index (χ1) is 8.99. The molecule has 2 amide bonds. The second-order valence-corrected chi connectivity index (χ2v) is 5.03. The van der Waals surface area contributed by atoms with Crippen molar-refractivity contribution in [1.82, 2.24) is 10.6 Å². The molecule has 0 aliphatic heterocycles. The molecule has 1 rings (SSSR count). The van der Waals surface area contributed by atoms with Gasteiger partial charge in [0, 0.05) is 18.9 Å². The van der Waals surface area contributed by atoms with Gasteiger partial charge in [0.15, 0.2) is 0 Å². The lowest BCUT2D eigenvalue weighted by atomic mass is 9.95. The monoisotopic (exact) mass is 270 g/mol. The highest BCUT2D eigenvalue weighted by Crippen LogP contribution is 2.17. The van der Waals surface area contributed by atoms with Gasteiger partial charge in [-0.15, -0.1) is 0 Å². The van der Waals surface area contributed by atoms with Crippen LogP contribution in [-0.4, -0.2) is 35.0 Å². The normalized spacial score (nSPS) is 17.5. The summed E-state index contributed by atoms with van der Waals surface area (Å²) in [6.45, 7) is 1.39. The molecule has 1 aliphatic carbocycles. The lowest BCUT2D eigenvalue weighted by Gasteiger charge is -2.22. The third kappa shape index (κ3) is 6.22. The van der Waals surface area contributed by atoms with E-state index in [1.807, 2.05) is 0 Å². The highest BCUT2D eigenvalue weighted by Gasteiger charge is 2.17. The summed E-state index contributed by atoms with van der Waals surface area (Å²) < 4.78 is 0. The van der Waals surface area contributed by atoms with Crippen LogP contribution in [0.5, 0.6) is 0 Å². The molecule has 6 nitrogen and oxygen atoms in total. The highest BCUT2D eigenvalue weighted by molar-refractivity contribution is 5.86. The van der Waals surface area contributed by atoms with E-state index in [2.05, 4.69) is 10.6 Å². The predicted molar refractivity (Wildman–Crippen MR) is 69.5 cm³/mol. The zero-order valence-corrected chi connectivity index (χ0v) is 11.3. The van der Waals surface area contributed by atoms with Crippen molar-refractivity contribution in [2.75, 3.05) is 0 Å². The van der Waals surface area contributed by atoms with Crippen molar-refractivity contribution in [2.45, 2.75) is 64.0 Å². The second kappa shape index (κ2) is 7.76. The lowest BCUT2D eigenvalue weighted by Crippen LogP contribution is -2.40. The van der Waals surface area contributed by atoms with Gasteiger partial charge >= 0.3 is 5.97 Å². The zero-order valence-electron chi connectivity index (χ0n) is 11.3. The number of rotatable bonds is 6. The Labute approximate surface area is 112 Å². The maximum Gasteiger partial charge on any atom is 0.325 e. The molecule has 19 heavy (non-hydrogen) atoms. The first kappa shape index (κ1) is 15.5. The Morgan fingerprint density at radius 1 is 1.11 bits per heavy atom. The molecule has 3 N–H and O–H groups in total. The Kier molecular flexibility index (Phi) is 6.32. The Morgan fingerprint density at radius 3 is 2.26 bits per heavy atom.